The van der Waals surface area contributed by atoms with Crippen molar-refractivity contribution in [3.63, 3.8) is 0 Å². The Labute approximate surface area is 283 Å². The molecule has 2 atom stereocenters. The van der Waals surface area contributed by atoms with Crippen LogP contribution in [0.25, 0.3) is 11.1 Å². The smallest absolute Gasteiger partial charge is 0.435 e. The first-order chi connectivity index (χ1) is 23.0. The Morgan fingerprint density at radius 3 is 2.51 bits per heavy atom. The molecule has 0 saturated carbocycles. The zero-order valence-electron chi connectivity index (χ0n) is 28.7. The SMILES string of the molecule is Cc1cc(C[C@H]2COc3c(-c4cn(C)nc4C(F)(F)F)cc(Cn4ccnc4C)cc3[C@H]2O)nc(N2CC(N(C)C(=O)OC(C)(C)C)C2)c1. The molecule has 6 rings (SSSR count). The summed E-state index contributed by atoms with van der Waals surface area (Å²) in [6, 6.07) is 7.41. The van der Waals surface area contributed by atoms with Crippen LogP contribution in [-0.2, 0) is 30.9 Å². The molecule has 49 heavy (non-hydrogen) atoms. The van der Waals surface area contributed by atoms with Crippen LogP contribution in [0.2, 0.25) is 0 Å². The number of alkyl halides is 3. The Morgan fingerprint density at radius 1 is 1.12 bits per heavy atom. The number of carbonyl (C=O) groups excluding carboxylic acids is 1. The van der Waals surface area contributed by atoms with Crippen molar-refractivity contribution in [1.82, 2.24) is 29.2 Å². The van der Waals surface area contributed by atoms with Crippen LogP contribution >= 0.6 is 0 Å². The van der Waals surface area contributed by atoms with Gasteiger partial charge in [0.15, 0.2) is 5.69 Å². The molecular formula is C35H42F3N7O4. The van der Waals surface area contributed by atoms with E-state index in [1.54, 1.807) is 36.5 Å². The first-order valence-corrected chi connectivity index (χ1v) is 16.2. The molecule has 1 N–H and O–H groups in total. The molecule has 262 valence electrons. The molecule has 0 radical (unpaired) electrons. The summed E-state index contributed by atoms with van der Waals surface area (Å²) < 4.78 is 57.1. The summed E-state index contributed by atoms with van der Waals surface area (Å²) in [5, 5.41) is 15.5. The predicted octanol–water partition coefficient (Wildman–Crippen LogP) is 5.70. The molecule has 0 unspecified atom stereocenters. The second kappa shape index (κ2) is 12.7. The van der Waals surface area contributed by atoms with Crippen molar-refractivity contribution in [1.29, 1.82) is 0 Å². The fourth-order valence-electron chi connectivity index (χ4n) is 6.38. The van der Waals surface area contributed by atoms with Crippen LogP contribution in [0.3, 0.4) is 0 Å². The van der Waals surface area contributed by atoms with Gasteiger partial charge in [-0.2, -0.15) is 18.3 Å². The number of carbonyl (C=O) groups is 1. The van der Waals surface area contributed by atoms with Crippen LogP contribution in [0.4, 0.5) is 23.8 Å². The van der Waals surface area contributed by atoms with Gasteiger partial charge in [0, 0.05) is 80.6 Å². The highest BCUT2D eigenvalue weighted by molar-refractivity contribution is 5.76. The van der Waals surface area contributed by atoms with Gasteiger partial charge in [-0.25, -0.2) is 14.8 Å². The third-order valence-electron chi connectivity index (χ3n) is 8.94. The highest BCUT2D eigenvalue weighted by Gasteiger charge is 2.40. The molecule has 2 aliphatic rings. The normalized spacial score (nSPS) is 18.1. The minimum atomic E-state index is -4.69. The number of nitrogens with zero attached hydrogens (tertiary/aromatic N) is 7. The summed E-state index contributed by atoms with van der Waals surface area (Å²) >= 11 is 0. The Bertz CT molecular complexity index is 1860. The minimum Gasteiger partial charge on any atom is -0.492 e. The van der Waals surface area contributed by atoms with E-state index in [2.05, 4.69) is 15.0 Å². The number of imidazole rings is 1. The molecule has 0 aliphatic carbocycles. The van der Waals surface area contributed by atoms with Crippen LogP contribution in [0.1, 0.15) is 60.8 Å². The van der Waals surface area contributed by atoms with E-state index in [1.165, 1.54) is 13.2 Å². The second-order valence-electron chi connectivity index (χ2n) is 14.1. The number of hydrogen-bond acceptors (Lipinski definition) is 8. The lowest BCUT2D eigenvalue weighted by molar-refractivity contribution is -0.141. The Balaban J connectivity index is 1.26. The van der Waals surface area contributed by atoms with Crippen molar-refractivity contribution in [2.24, 2.45) is 13.0 Å². The van der Waals surface area contributed by atoms with Crippen LogP contribution in [-0.4, -0.2) is 78.8 Å². The summed E-state index contributed by atoms with van der Waals surface area (Å²) in [5.41, 5.74) is 1.37. The Hall–Kier alpha value is -4.59. The van der Waals surface area contributed by atoms with Gasteiger partial charge in [-0.15, -0.1) is 0 Å². The summed E-state index contributed by atoms with van der Waals surface area (Å²) in [6.45, 7) is 11.0. The number of likely N-dealkylation sites (N-methyl/N-ethyl adjacent to an activating group) is 1. The number of aliphatic hydroxyl groups is 1. The molecule has 1 amide bonds. The van der Waals surface area contributed by atoms with Gasteiger partial charge in [-0.3, -0.25) is 4.68 Å². The Kier molecular flexibility index (Phi) is 8.88. The highest BCUT2D eigenvalue weighted by Crippen LogP contribution is 2.47. The van der Waals surface area contributed by atoms with E-state index in [9.17, 15) is 23.1 Å². The first kappa shape index (κ1) is 34.3. The molecule has 14 heteroatoms. The minimum absolute atomic E-state index is 0.0159. The third-order valence-corrected chi connectivity index (χ3v) is 8.94. The number of benzene rings is 1. The summed E-state index contributed by atoms with van der Waals surface area (Å²) in [6.07, 6.45) is -0.917. The second-order valence-corrected chi connectivity index (χ2v) is 14.1. The number of aromatic nitrogens is 5. The standard InChI is InChI=1S/C35H42F3N7O4/c1-20-10-24(40-29(11-20)45-16-25(17-45)43(7)33(47)49-34(3,4)5)14-23-19-48-31-26(28-18-42(6)41-32(28)35(36,37)38)12-22(13-27(31)30(23)46)15-44-9-8-39-21(44)2/h8-13,18,23,25,30,46H,14-17,19H2,1-7H3/t23-,30-/m0/s1. The molecule has 11 nitrogen and oxygen atoms in total. The molecular weight excluding hydrogens is 639 g/mol. The van der Waals surface area contributed by atoms with Crippen molar-refractivity contribution < 1.29 is 32.5 Å². The topological polar surface area (TPSA) is 111 Å². The lowest BCUT2D eigenvalue weighted by Crippen LogP contribution is -2.60. The summed E-state index contributed by atoms with van der Waals surface area (Å²) in [4.78, 5) is 25.4. The van der Waals surface area contributed by atoms with E-state index in [-0.39, 0.29) is 35.6 Å². The molecule has 0 spiro atoms. The largest absolute Gasteiger partial charge is 0.492 e. The monoisotopic (exact) mass is 681 g/mol. The van der Waals surface area contributed by atoms with Gasteiger partial charge in [-0.05, 0) is 76.4 Å². The van der Waals surface area contributed by atoms with E-state index in [0.29, 0.717) is 37.2 Å². The number of halogens is 3. The van der Waals surface area contributed by atoms with Crippen LogP contribution in [0.5, 0.6) is 5.75 Å². The van der Waals surface area contributed by atoms with Gasteiger partial charge in [0.05, 0.1) is 18.8 Å². The van der Waals surface area contributed by atoms with E-state index in [1.807, 2.05) is 51.3 Å². The lowest BCUT2D eigenvalue weighted by atomic mass is 9.86. The predicted molar refractivity (Wildman–Crippen MR) is 176 cm³/mol. The van der Waals surface area contributed by atoms with Crippen LogP contribution in [0.15, 0.2) is 42.9 Å². The van der Waals surface area contributed by atoms with Crippen molar-refractivity contribution in [3.8, 4) is 16.9 Å². The van der Waals surface area contributed by atoms with Crippen LogP contribution < -0.4 is 9.64 Å². The molecule has 4 aromatic rings. The van der Waals surface area contributed by atoms with Crippen LogP contribution in [0, 0.1) is 19.8 Å². The number of hydrogen-bond donors (Lipinski definition) is 1. The molecule has 1 saturated heterocycles. The van der Waals surface area contributed by atoms with Gasteiger partial charge in [0.2, 0.25) is 0 Å². The van der Waals surface area contributed by atoms with E-state index in [0.717, 1.165) is 27.6 Å². The number of ether oxygens (including phenoxy) is 2. The van der Waals surface area contributed by atoms with Crippen molar-refractivity contribution in [2.75, 3.05) is 31.6 Å². The average molecular weight is 682 g/mol. The quantitative estimate of drug-likeness (QED) is 0.265. The number of aryl methyl sites for hydroxylation is 3. The molecule has 1 fully saturated rings. The fourth-order valence-corrected chi connectivity index (χ4v) is 6.38. The lowest BCUT2D eigenvalue weighted by Gasteiger charge is -2.44. The summed E-state index contributed by atoms with van der Waals surface area (Å²) in [7, 11) is 3.18. The van der Waals surface area contributed by atoms with Crippen molar-refractivity contribution in [3.05, 3.63) is 76.8 Å². The van der Waals surface area contributed by atoms with Gasteiger partial charge < -0.3 is 28.9 Å². The maximum Gasteiger partial charge on any atom is 0.435 e. The van der Waals surface area contributed by atoms with Gasteiger partial charge in [-0.1, -0.05) is 0 Å². The molecule has 2 aliphatic heterocycles. The molecule has 0 bridgehead atoms. The van der Waals surface area contributed by atoms with Gasteiger partial charge in [0.1, 0.15) is 23.0 Å². The maximum atomic E-state index is 14.1. The number of amides is 1. The Morgan fingerprint density at radius 2 is 1.86 bits per heavy atom. The number of rotatable bonds is 7. The first-order valence-electron chi connectivity index (χ1n) is 16.2. The zero-order chi connectivity index (χ0) is 35.4. The van der Waals surface area contributed by atoms with E-state index >= 15 is 0 Å². The average Bonchev–Trinajstić information content (AvgIpc) is 3.57. The molecule has 1 aromatic carbocycles. The number of pyridine rings is 1. The summed E-state index contributed by atoms with van der Waals surface area (Å²) in [5.74, 6) is 1.32. The number of fused-ring (bicyclic) bond motifs is 1. The van der Waals surface area contributed by atoms with Crippen molar-refractivity contribution >= 4 is 11.9 Å². The maximum absolute atomic E-state index is 14.1. The van der Waals surface area contributed by atoms with E-state index in [4.69, 9.17) is 14.5 Å². The highest BCUT2D eigenvalue weighted by atomic mass is 19.4. The number of aliphatic hydroxyl groups excluding tert-OH is 1. The van der Waals surface area contributed by atoms with E-state index < -0.39 is 29.5 Å². The molecule has 3 aromatic heterocycles. The van der Waals surface area contributed by atoms with Crippen molar-refractivity contribution in [2.45, 2.75) is 71.5 Å². The van der Waals surface area contributed by atoms with Gasteiger partial charge in [0.25, 0.3) is 0 Å². The fraction of sp³-hybridized carbons (Fsp3) is 0.486. The zero-order valence-corrected chi connectivity index (χ0v) is 28.7. The molecule has 5 heterocycles. The number of anilines is 1. The van der Waals surface area contributed by atoms with Gasteiger partial charge >= 0.3 is 12.3 Å². The third kappa shape index (κ3) is 7.24.